The number of unbranched alkanes of at least 4 members (excludes halogenated alkanes) is 2. The first-order chi connectivity index (χ1) is 12.9. The van der Waals surface area contributed by atoms with Gasteiger partial charge in [0.15, 0.2) is 0 Å². The highest BCUT2D eigenvalue weighted by atomic mass is 16.2. The lowest BCUT2D eigenvalue weighted by Gasteiger charge is -2.35. The standard InChI is InChI=1S/C21H37N5O/c1-6-7-8-9-17(4)22-20(27)15-25-10-12-26(13-11-25)19-14-18(5)23-21(24-19)16(2)3/h14,16-17H,6-13,15H2,1-5H3,(H,22,27). The van der Waals surface area contributed by atoms with E-state index >= 15 is 0 Å². The van der Waals surface area contributed by atoms with Crippen LogP contribution in [0.1, 0.15) is 70.8 Å². The number of aryl methyl sites for hydroxylation is 1. The van der Waals surface area contributed by atoms with Crippen LogP contribution in [0.4, 0.5) is 5.82 Å². The number of piperazine rings is 1. The first-order valence-corrected chi connectivity index (χ1v) is 10.5. The summed E-state index contributed by atoms with van der Waals surface area (Å²) in [5, 5.41) is 3.14. The van der Waals surface area contributed by atoms with Crippen molar-refractivity contribution in [3.05, 3.63) is 17.6 Å². The molecule has 1 aromatic rings. The normalized spacial score (nSPS) is 16.6. The third kappa shape index (κ3) is 7.09. The first-order valence-electron chi connectivity index (χ1n) is 10.5. The van der Waals surface area contributed by atoms with Crippen molar-refractivity contribution in [2.45, 2.75) is 72.3 Å². The van der Waals surface area contributed by atoms with Crippen LogP contribution in [0, 0.1) is 6.92 Å². The third-order valence-corrected chi connectivity index (χ3v) is 5.09. The van der Waals surface area contributed by atoms with E-state index < -0.39 is 0 Å². The molecule has 27 heavy (non-hydrogen) atoms. The Kier molecular flexibility index (Phi) is 8.48. The second-order valence-electron chi connectivity index (χ2n) is 8.11. The number of rotatable bonds is 9. The molecule has 2 heterocycles. The van der Waals surface area contributed by atoms with Crippen LogP contribution >= 0.6 is 0 Å². The van der Waals surface area contributed by atoms with Gasteiger partial charge in [0.25, 0.3) is 0 Å². The van der Waals surface area contributed by atoms with Crippen LogP contribution in [-0.2, 0) is 4.79 Å². The van der Waals surface area contributed by atoms with E-state index in [-0.39, 0.29) is 11.9 Å². The molecular weight excluding hydrogens is 338 g/mol. The van der Waals surface area contributed by atoms with E-state index in [1.807, 2.05) is 6.92 Å². The van der Waals surface area contributed by atoms with Crippen molar-refractivity contribution in [3.8, 4) is 0 Å². The molecule has 1 saturated heterocycles. The third-order valence-electron chi connectivity index (χ3n) is 5.09. The number of hydrogen-bond donors (Lipinski definition) is 1. The molecule has 1 unspecified atom stereocenters. The summed E-state index contributed by atoms with van der Waals surface area (Å²) in [6.07, 6.45) is 4.71. The molecule has 1 N–H and O–H groups in total. The van der Waals surface area contributed by atoms with Crippen LogP contribution in [0.25, 0.3) is 0 Å². The van der Waals surface area contributed by atoms with Crippen LogP contribution in [-0.4, -0.2) is 59.5 Å². The molecule has 2 rings (SSSR count). The molecule has 0 spiro atoms. The van der Waals surface area contributed by atoms with E-state index in [9.17, 15) is 4.79 Å². The average Bonchev–Trinajstić information content (AvgIpc) is 2.61. The van der Waals surface area contributed by atoms with Gasteiger partial charge in [0, 0.05) is 49.9 Å². The average molecular weight is 376 g/mol. The second kappa shape index (κ2) is 10.6. The summed E-state index contributed by atoms with van der Waals surface area (Å²) in [5.74, 6) is 2.39. The molecule has 1 aromatic heterocycles. The Balaban J connectivity index is 1.79. The Hall–Kier alpha value is -1.69. The number of nitrogens with one attached hydrogen (secondary N) is 1. The Morgan fingerprint density at radius 3 is 2.48 bits per heavy atom. The van der Waals surface area contributed by atoms with Gasteiger partial charge < -0.3 is 10.2 Å². The zero-order valence-corrected chi connectivity index (χ0v) is 17.8. The van der Waals surface area contributed by atoms with Crippen molar-refractivity contribution < 1.29 is 4.79 Å². The molecule has 6 nitrogen and oxygen atoms in total. The first kappa shape index (κ1) is 21.6. The molecule has 0 bridgehead atoms. The van der Waals surface area contributed by atoms with Gasteiger partial charge in [0.2, 0.25) is 5.91 Å². The van der Waals surface area contributed by atoms with Gasteiger partial charge in [-0.2, -0.15) is 0 Å². The van der Waals surface area contributed by atoms with Crippen LogP contribution in [0.5, 0.6) is 0 Å². The molecular formula is C21H37N5O. The van der Waals surface area contributed by atoms with Gasteiger partial charge in [-0.15, -0.1) is 0 Å². The number of aromatic nitrogens is 2. The van der Waals surface area contributed by atoms with Crippen molar-refractivity contribution in [2.24, 2.45) is 0 Å². The van der Waals surface area contributed by atoms with Gasteiger partial charge in [-0.25, -0.2) is 9.97 Å². The molecule has 6 heteroatoms. The van der Waals surface area contributed by atoms with E-state index in [1.54, 1.807) is 0 Å². The number of carbonyl (C=O) groups is 1. The van der Waals surface area contributed by atoms with Gasteiger partial charge in [-0.05, 0) is 20.3 Å². The quantitative estimate of drug-likeness (QED) is 0.672. The zero-order valence-electron chi connectivity index (χ0n) is 17.8. The lowest BCUT2D eigenvalue weighted by molar-refractivity contribution is -0.123. The van der Waals surface area contributed by atoms with Crippen molar-refractivity contribution in [1.29, 1.82) is 0 Å². The van der Waals surface area contributed by atoms with E-state index in [4.69, 9.17) is 4.98 Å². The molecule has 0 saturated carbocycles. The molecule has 1 fully saturated rings. The predicted molar refractivity (Wildman–Crippen MR) is 111 cm³/mol. The maximum absolute atomic E-state index is 12.3. The molecule has 152 valence electrons. The lowest BCUT2D eigenvalue weighted by Crippen LogP contribution is -2.50. The molecule has 1 amide bonds. The highest BCUT2D eigenvalue weighted by Gasteiger charge is 2.21. The number of amides is 1. The maximum atomic E-state index is 12.3. The van der Waals surface area contributed by atoms with Crippen molar-refractivity contribution in [1.82, 2.24) is 20.2 Å². The van der Waals surface area contributed by atoms with Crippen LogP contribution in [0.3, 0.4) is 0 Å². The van der Waals surface area contributed by atoms with Gasteiger partial charge in [-0.1, -0.05) is 40.0 Å². The summed E-state index contributed by atoms with van der Waals surface area (Å²) >= 11 is 0. The summed E-state index contributed by atoms with van der Waals surface area (Å²) in [5.41, 5.74) is 1.02. The largest absolute Gasteiger partial charge is 0.354 e. The van der Waals surface area contributed by atoms with Crippen molar-refractivity contribution in [3.63, 3.8) is 0 Å². The van der Waals surface area contributed by atoms with Crippen LogP contribution in [0.15, 0.2) is 6.07 Å². The highest BCUT2D eigenvalue weighted by molar-refractivity contribution is 5.78. The van der Waals surface area contributed by atoms with Gasteiger partial charge in [-0.3, -0.25) is 9.69 Å². The zero-order chi connectivity index (χ0) is 19.8. The van der Waals surface area contributed by atoms with Gasteiger partial charge in [0.05, 0.1) is 6.54 Å². The minimum Gasteiger partial charge on any atom is -0.354 e. The summed E-state index contributed by atoms with van der Waals surface area (Å²) < 4.78 is 0. The second-order valence-corrected chi connectivity index (χ2v) is 8.11. The molecule has 1 aliphatic rings. The molecule has 0 radical (unpaired) electrons. The van der Waals surface area contributed by atoms with Gasteiger partial charge in [0.1, 0.15) is 11.6 Å². The number of anilines is 1. The fraction of sp³-hybridized carbons (Fsp3) is 0.762. The smallest absolute Gasteiger partial charge is 0.234 e. The molecule has 0 aromatic carbocycles. The summed E-state index contributed by atoms with van der Waals surface area (Å²) in [6, 6.07) is 2.33. The van der Waals surface area contributed by atoms with Crippen molar-refractivity contribution >= 4 is 11.7 Å². The van der Waals surface area contributed by atoms with Crippen molar-refractivity contribution in [2.75, 3.05) is 37.6 Å². The van der Waals surface area contributed by atoms with E-state index in [2.05, 4.69) is 53.9 Å². The minimum atomic E-state index is 0.146. The Labute approximate surface area is 164 Å². The highest BCUT2D eigenvalue weighted by Crippen LogP contribution is 2.18. The topological polar surface area (TPSA) is 61.4 Å². The molecule has 1 aliphatic heterocycles. The molecule has 1 atom stereocenters. The fourth-order valence-corrected chi connectivity index (χ4v) is 3.43. The van der Waals surface area contributed by atoms with Gasteiger partial charge >= 0.3 is 0 Å². The Morgan fingerprint density at radius 1 is 1.15 bits per heavy atom. The van der Waals surface area contributed by atoms with Crippen LogP contribution < -0.4 is 10.2 Å². The summed E-state index contributed by atoms with van der Waals surface area (Å²) in [7, 11) is 0. The number of nitrogens with zero attached hydrogens (tertiary/aromatic N) is 4. The molecule has 0 aliphatic carbocycles. The SMILES string of the molecule is CCCCCC(C)NC(=O)CN1CCN(c2cc(C)nc(C(C)C)n2)CC1. The van der Waals surface area contributed by atoms with Crippen LogP contribution in [0.2, 0.25) is 0 Å². The number of carbonyl (C=O) groups excluding carboxylic acids is 1. The Morgan fingerprint density at radius 2 is 1.85 bits per heavy atom. The number of hydrogen-bond acceptors (Lipinski definition) is 5. The minimum absolute atomic E-state index is 0.146. The predicted octanol–water partition coefficient (Wildman–Crippen LogP) is 3.12. The van der Waals surface area contributed by atoms with E-state index in [0.29, 0.717) is 12.5 Å². The monoisotopic (exact) mass is 375 g/mol. The Bertz CT molecular complexity index is 596. The van der Waals surface area contributed by atoms with E-state index in [1.165, 1.54) is 19.3 Å². The maximum Gasteiger partial charge on any atom is 0.234 e. The summed E-state index contributed by atoms with van der Waals surface area (Å²) in [4.78, 5) is 26.1. The summed E-state index contributed by atoms with van der Waals surface area (Å²) in [6.45, 7) is 14.6. The lowest BCUT2D eigenvalue weighted by atomic mass is 10.1. The van der Waals surface area contributed by atoms with E-state index in [0.717, 1.165) is 49.9 Å². The fourth-order valence-electron chi connectivity index (χ4n) is 3.43.